The fourth-order valence-electron chi connectivity index (χ4n) is 0. The van der Waals surface area contributed by atoms with Gasteiger partial charge in [-0.15, -0.1) is 0 Å². The minimum absolute atomic E-state index is 0. The Bertz CT molecular complexity index is 75.3. The number of hydrogen-bond acceptors (Lipinski definition) is 8. The first kappa shape index (κ1) is 36.0. The maximum Gasteiger partial charge on any atom is 2.00 e. The minimum atomic E-state index is -1.75. The molecule has 8 nitrogen and oxygen atoms in total. The van der Waals surface area contributed by atoms with Crippen molar-refractivity contribution in [1.82, 2.24) is 0 Å². The van der Waals surface area contributed by atoms with Gasteiger partial charge in [0.05, 0.1) is 0 Å². The van der Waals surface area contributed by atoms with Crippen molar-refractivity contribution in [2.75, 3.05) is 0 Å². The summed E-state index contributed by atoms with van der Waals surface area (Å²) in [4.78, 5) is 0. The first-order valence-electron chi connectivity index (χ1n) is 1.89. The summed E-state index contributed by atoms with van der Waals surface area (Å²) in [6, 6.07) is 0. The van der Waals surface area contributed by atoms with Gasteiger partial charge in [-0.2, -0.15) is 0 Å². The molecule has 0 atom stereocenters. The van der Waals surface area contributed by atoms with Gasteiger partial charge in [-0.3, -0.25) is 0 Å². The van der Waals surface area contributed by atoms with Gasteiger partial charge in [0.2, 0.25) is 0 Å². The van der Waals surface area contributed by atoms with Crippen LogP contribution in [0.1, 0.15) is 0 Å². The van der Waals surface area contributed by atoms with E-state index in [4.69, 9.17) is 31.8 Å². The van der Waals surface area contributed by atoms with Gasteiger partial charge < -0.3 is 0 Å². The zero-order valence-electron chi connectivity index (χ0n) is 6.99. The molecule has 0 aliphatic rings. The van der Waals surface area contributed by atoms with Gasteiger partial charge in [-0.05, 0) is 0 Å². The molecule has 14 heteroatoms. The van der Waals surface area contributed by atoms with Gasteiger partial charge in [-0.1, -0.05) is 0 Å². The summed E-state index contributed by atoms with van der Waals surface area (Å²) in [5, 5.41) is 0. The zero-order valence-corrected chi connectivity index (χ0v) is 16.5. The van der Waals surface area contributed by atoms with Gasteiger partial charge in [0, 0.05) is 0 Å². The van der Waals surface area contributed by atoms with Crippen LogP contribution in [0.4, 0.5) is 0 Å². The van der Waals surface area contributed by atoms with E-state index in [1.165, 1.54) is 0 Å². The van der Waals surface area contributed by atoms with Crippen molar-refractivity contribution >= 4 is 130 Å². The van der Waals surface area contributed by atoms with Crippen molar-refractivity contribution < 1.29 is 31.8 Å². The molecular weight excluding hydrogens is 348 g/mol. The van der Waals surface area contributed by atoms with Crippen molar-refractivity contribution in [3.8, 4) is 0 Å². The van der Waals surface area contributed by atoms with E-state index in [0.717, 1.165) is 0 Å². The second-order valence-electron chi connectivity index (χ2n) is 0.385. The van der Waals surface area contributed by atoms with E-state index in [1.807, 2.05) is 0 Å². The summed E-state index contributed by atoms with van der Waals surface area (Å²) in [6.07, 6.45) is 0. The largest absolute Gasteiger partial charge is 2.00 e. The molecule has 0 bridgehead atoms. The molecule has 0 saturated carbocycles. The van der Waals surface area contributed by atoms with Crippen LogP contribution in [0.25, 0.3) is 0 Å². The molecule has 64 valence electrons. The molecule has 0 spiro atoms. The molecule has 0 heterocycles. The molecule has 0 aromatic carbocycles. The smallest absolute Gasteiger partial charge is 2.00 e. The van der Waals surface area contributed by atoms with E-state index in [9.17, 15) is 0 Å². The first-order valence-corrected chi connectivity index (χ1v) is 5.66. The molecule has 0 rings (SSSR count). The normalized spacial score (nSPS) is 2.29. The minimum Gasteiger partial charge on any atom is 2.00 e. The topological polar surface area (TPSA) is 161 Å². The molecule has 0 aliphatic heterocycles. The fraction of sp³-hybridized carbons (Fsp3) is 0. The van der Waals surface area contributed by atoms with Crippen LogP contribution in [0.5, 0.6) is 0 Å². The third-order valence-corrected chi connectivity index (χ3v) is 0. The monoisotopic (exact) mass is 348 g/mol. The molecule has 0 amide bonds. The third kappa shape index (κ3) is 364. The van der Waals surface area contributed by atoms with Crippen LogP contribution >= 0.6 is 0 Å². The summed E-state index contributed by atoms with van der Waals surface area (Å²) in [5.74, 6) is 0. The standard InChI is InChI=1S/4Al.Mg.8O.Sr/q;;;;+2;;;;;4*-1;+2. The van der Waals surface area contributed by atoms with Crippen LogP contribution in [0, 0.1) is 0 Å². The van der Waals surface area contributed by atoms with Crippen LogP contribution in [0.2, 0.25) is 0 Å². The fourth-order valence-corrected chi connectivity index (χ4v) is 0. The maximum absolute atomic E-state index is 8.46. The van der Waals surface area contributed by atoms with E-state index in [-0.39, 0.29) is 68.5 Å². The van der Waals surface area contributed by atoms with Crippen LogP contribution in [0.15, 0.2) is 0 Å². The van der Waals surface area contributed by atoms with Crippen molar-refractivity contribution in [2.24, 2.45) is 0 Å². The Morgan fingerprint density at radius 1 is 0.571 bits per heavy atom. The van der Waals surface area contributed by atoms with Gasteiger partial charge in [-0.25, -0.2) is 0 Å². The van der Waals surface area contributed by atoms with E-state index in [0.29, 0.717) is 0 Å². The predicted octanol–water partition coefficient (Wildman–Crippen LogP) is -7.52. The molecule has 0 saturated heterocycles. The molecular formula is Al4MgO8Sr. The Hall–Kier alpha value is 2.78. The van der Waals surface area contributed by atoms with Crippen LogP contribution in [-0.4, -0.2) is 130 Å². The van der Waals surface area contributed by atoms with Crippen molar-refractivity contribution in [3.63, 3.8) is 0 Å². The van der Waals surface area contributed by atoms with Crippen molar-refractivity contribution in [1.29, 1.82) is 0 Å². The summed E-state index contributed by atoms with van der Waals surface area (Å²) < 4.78 is 67.7. The van der Waals surface area contributed by atoms with Crippen molar-refractivity contribution in [3.05, 3.63) is 0 Å². The quantitative estimate of drug-likeness (QED) is 0.390. The Balaban J connectivity index is -0.0000000145. The number of rotatable bonds is 0. The van der Waals surface area contributed by atoms with Gasteiger partial charge in [0.1, 0.15) is 0 Å². The second-order valence-corrected chi connectivity index (χ2v) is 1.15. The van der Waals surface area contributed by atoms with E-state index < -0.39 is 61.9 Å². The molecule has 0 aliphatic carbocycles. The Morgan fingerprint density at radius 3 is 0.571 bits per heavy atom. The van der Waals surface area contributed by atoms with Crippen molar-refractivity contribution in [2.45, 2.75) is 0 Å². The van der Waals surface area contributed by atoms with E-state index in [2.05, 4.69) is 0 Å². The van der Waals surface area contributed by atoms with Gasteiger partial charge >= 0.3 is 162 Å². The Kier molecular flexibility index (Phi) is 193. The summed E-state index contributed by atoms with van der Waals surface area (Å²) in [7, 11) is 0. The second kappa shape index (κ2) is 75.0. The molecule has 0 fully saturated rings. The van der Waals surface area contributed by atoms with Crippen LogP contribution in [0.3, 0.4) is 0 Å². The molecule has 0 aromatic heterocycles. The third-order valence-electron chi connectivity index (χ3n) is 0. The maximum atomic E-state index is 8.46. The Labute approximate surface area is 159 Å². The van der Waals surface area contributed by atoms with E-state index in [1.54, 1.807) is 0 Å². The van der Waals surface area contributed by atoms with Gasteiger partial charge in [0.15, 0.2) is 0 Å². The van der Waals surface area contributed by atoms with Crippen LogP contribution < -0.4 is 16.6 Å². The molecule has 0 radical (unpaired) electrons. The zero-order chi connectivity index (χ0) is 10.8. The molecule has 14 heavy (non-hydrogen) atoms. The average Bonchev–Trinajstić information content (AvgIpc) is 1.92. The summed E-state index contributed by atoms with van der Waals surface area (Å²) in [5.41, 5.74) is 0. The average molecular weight is 348 g/mol. The molecule has 0 unspecified atom stereocenters. The number of hydrogen-bond donors (Lipinski definition) is 0. The van der Waals surface area contributed by atoms with Gasteiger partial charge in [0.25, 0.3) is 0 Å². The SMILES string of the molecule is [Mg+2].[O]=[Al][O-].[O]=[Al][O-].[O]=[Al][O-].[O]=[Al][O-].[Sr+2]. The molecule has 0 N–H and O–H groups in total. The van der Waals surface area contributed by atoms with Crippen LogP contribution in [-0.2, 0) is 15.2 Å². The first-order chi connectivity index (χ1) is 5.66. The Morgan fingerprint density at radius 2 is 0.571 bits per heavy atom. The van der Waals surface area contributed by atoms with E-state index >= 15 is 0 Å². The summed E-state index contributed by atoms with van der Waals surface area (Å²) >= 11 is -7.00. The summed E-state index contributed by atoms with van der Waals surface area (Å²) in [6.45, 7) is 0. The molecule has 0 aromatic rings. The predicted molar refractivity (Wildman–Crippen MR) is 37.3 cm³/mol.